The number of carboxylic acids is 1. The van der Waals surface area contributed by atoms with E-state index in [1.807, 2.05) is 12.3 Å². The van der Waals surface area contributed by atoms with Gasteiger partial charge in [0.25, 0.3) is 5.24 Å². The monoisotopic (exact) mass is 374 g/mol. The third-order valence-corrected chi connectivity index (χ3v) is 4.68. The van der Waals surface area contributed by atoms with Gasteiger partial charge in [-0.2, -0.15) is 0 Å². The molecule has 26 heavy (non-hydrogen) atoms. The Balaban J connectivity index is 1.84. The molecule has 0 spiro atoms. The third-order valence-electron chi connectivity index (χ3n) is 3.80. The van der Waals surface area contributed by atoms with Crippen LogP contribution in [0.2, 0.25) is 0 Å². The number of amides is 1. The standard InChI is InChI=1S/C19H22N2O4S/c1-2-13-3-6-15(21-12-13)9-10-25-16-7-4-14(5-8-16)11-17(18(22)23)26-19(20)24/h3-8,12,17H,2,9-11H2,1H3,(H2,20,24)(H,22,23). The van der Waals surface area contributed by atoms with Gasteiger partial charge in [-0.1, -0.05) is 25.1 Å². The number of rotatable bonds is 9. The van der Waals surface area contributed by atoms with Gasteiger partial charge in [0.1, 0.15) is 11.0 Å². The summed E-state index contributed by atoms with van der Waals surface area (Å²) in [5.74, 6) is -0.357. The molecule has 0 aliphatic rings. The molecule has 1 aromatic carbocycles. The van der Waals surface area contributed by atoms with E-state index in [0.29, 0.717) is 30.5 Å². The minimum atomic E-state index is -1.06. The zero-order valence-electron chi connectivity index (χ0n) is 14.6. The molecule has 138 valence electrons. The lowest BCUT2D eigenvalue weighted by Crippen LogP contribution is -2.23. The molecule has 0 aliphatic carbocycles. The molecule has 7 heteroatoms. The summed E-state index contributed by atoms with van der Waals surface area (Å²) in [4.78, 5) is 26.5. The zero-order valence-corrected chi connectivity index (χ0v) is 15.4. The number of nitrogens with two attached hydrogens (primary N) is 1. The number of hydrogen-bond acceptors (Lipinski definition) is 5. The highest BCUT2D eigenvalue weighted by Gasteiger charge is 2.21. The highest BCUT2D eigenvalue weighted by molar-refractivity contribution is 8.14. The summed E-state index contributed by atoms with van der Waals surface area (Å²) >= 11 is 0.622. The molecule has 0 radical (unpaired) electrons. The minimum Gasteiger partial charge on any atom is -0.493 e. The molecular formula is C19H22N2O4S. The van der Waals surface area contributed by atoms with Crippen LogP contribution in [-0.2, 0) is 24.1 Å². The smallest absolute Gasteiger partial charge is 0.317 e. The van der Waals surface area contributed by atoms with E-state index < -0.39 is 16.5 Å². The number of aromatic nitrogens is 1. The fourth-order valence-corrected chi connectivity index (χ4v) is 3.00. The fraction of sp³-hybridized carbons (Fsp3) is 0.316. The van der Waals surface area contributed by atoms with Crippen LogP contribution in [0, 0.1) is 0 Å². The topological polar surface area (TPSA) is 103 Å². The summed E-state index contributed by atoms with van der Waals surface area (Å²) in [6, 6.07) is 11.2. The Bertz CT molecular complexity index is 732. The maximum absolute atomic E-state index is 11.2. The summed E-state index contributed by atoms with van der Waals surface area (Å²) in [6.07, 6.45) is 3.78. The number of carbonyl (C=O) groups is 2. The number of pyridine rings is 1. The normalized spacial score (nSPS) is 11.7. The predicted octanol–water partition coefficient (Wildman–Crippen LogP) is 3.07. The summed E-state index contributed by atoms with van der Waals surface area (Å²) in [5.41, 5.74) is 8.05. The number of hydrogen-bond donors (Lipinski definition) is 2. The van der Waals surface area contributed by atoms with Crippen LogP contribution in [0.3, 0.4) is 0 Å². The van der Waals surface area contributed by atoms with Gasteiger partial charge >= 0.3 is 5.97 Å². The second-order valence-electron chi connectivity index (χ2n) is 5.72. The molecule has 2 rings (SSSR count). The van der Waals surface area contributed by atoms with Crippen molar-refractivity contribution in [2.24, 2.45) is 5.73 Å². The average Bonchev–Trinajstić information content (AvgIpc) is 2.62. The minimum absolute atomic E-state index is 0.219. The average molecular weight is 374 g/mol. The number of carboxylic acid groups (broad SMARTS) is 1. The number of ether oxygens (including phenoxy) is 1. The molecule has 3 N–H and O–H groups in total. The van der Waals surface area contributed by atoms with Crippen molar-refractivity contribution in [2.75, 3.05) is 6.61 Å². The Hall–Kier alpha value is -2.54. The second-order valence-corrected chi connectivity index (χ2v) is 6.93. The predicted molar refractivity (Wildman–Crippen MR) is 102 cm³/mol. The number of nitrogens with zero attached hydrogens (tertiary/aromatic N) is 1. The number of primary amides is 1. The first-order valence-corrected chi connectivity index (χ1v) is 9.20. The Morgan fingerprint density at radius 3 is 2.42 bits per heavy atom. The van der Waals surface area contributed by atoms with Crippen molar-refractivity contribution in [3.63, 3.8) is 0 Å². The van der Waals surface area contributed by atoms with Gasteiger partial charge < -0.3 is 15.6 Å². The second kappa shape index (κ2) is 9.82. The lowest BCUT2D eigenvalue weighted by Gasteiger charge is -2.11. The Labute approximate surface area is 156 Å². The van der Waals surface area contributed by atoms with Crippen molar-refractivity contribution in [3.8, 4) is 5.75 Å². The molecule has 1 atom stereocenters. The number of aliphatic carboxylic acids is 1. The molecule has 1 unspecified atom stereocenters. The highest BCUT2D eigenvalue weighted by Crippen LogP contribution is 2.19. The van der Waals surface area contributed by atoms with Crippen molar-refractivity contribution < 1.29 is 19.4 Å². The Morgan fingerprint density at radius 2 is 1.88 bits per heavy atom. The van der Waals surface area contributed by atoms with Gasteiger partial charge in [-0.15, -0.1) is 0 Å². The lowest BCUT2D eigenvalue weighted by molar-refractivity contribution is -0.136. The summed E-state index contributed by atoms with van der Waals surface area (Å²) < 4.78 is 5.70. The van der Waals surface area contributed by atoms with Gasteiger partial charge in [-0.05, 0) is 53.9 Å². The molecule has 0 saturated carbocycles. The largest absolute Gasteiger partial charge is 0.493 e. The molecule has 1 amide bonds. The van der Waals surface area contributed by atoms with Gasteiger partial charge in [0.2, 0.25) is 0 Å². The molecule has 0 bridgehead atoms. The van der Waals surface area contributed by atoms with Crippen molar-refractivity contribution in [3.05, 3.63) is 59.4 Å². The van der Waals surface area contributed by atoms with Crippen molar-refractivity contribution >= 4 is 23.0 Å². The first kappa shape index (κ1) is 19.8. The first-order valence-electron chi connectivity index (χ1n) is 8.32. The van der Waals surface area contributed by atoms with Crippen LogP contribution in [0.15, 0.2) is 42.6 Å². The fourth-order valence-electron chi connectivity index (χ4n) is 2.34. The maximum Gasteiger partial charge on any atom is 0.317 e. The molecule has 0 saturated heterocycles. The van der Waals surface area contributed by atoms with Crippen LogP contribution in [0.5, 0.6) is 5.75 Å². The van der Waals surface area contributed by atoms with Gasteiger partial charge in [-0.25, -0.2) is 0 Å². The number of thioether (sulfide) groups is 1. The van der Waals surface area contributed by atoms with Gasteiger partial charge in [-0.3, -0.25) is 14.6 Å². The van der Waals surface area contributed by atoms with E-state index in [1.165, 1.54) is 5.56 Å². The van der Waals surface area contributed by atoms with E-state index in [4.69, 9.17) is 15.6 Å². The van der Waals surface area contributed by atoms with Crippen molar-refractivity contribution in [1.29, 1.82) is 0 Å². The molecule has 0 aliphatic heterocycles. The van der Waals surface area contributed by atoms with Crippen LogP contribution in [0.4, 0.5) is 4.79 Å². The van der Waals surface area contributed by atoms with Gasteiger partial charge in [0.15, 0.2) is 0 Å². The van der Waals surface area contributed by atoms with Crippen molar-refractivity contribution in [1.82, 2.24) is 4.98 Å². The number of benzene rings is 1. The number of aryl methyl sites for hydroxylation is 1. The van der Waals surface area contributed by atoms with Crippen LogP contribution in [0.25, 0.3) is 0 Å². The third kappa shape index (κ3) is 6.40. The highest BCUT2D eigenvalue weighted by atomic mass is 32.2. The Kier molecular flexibility index (Phi) is 7.47. The van der Waals surface area contributed by atoms with Gasteiger partial charge in [0.05, 0.1) is 6.61 Å². The molecule has 1 heterocycles. The van der Waals surface area contributed by atoms with E-state index >= 15 is 0 Å². The maximum atomic E-state index is 11.2. The molecule has 6 nitrogen and oxygen atoms in total. The first-order chi connectivity index (χ1) is 12.5. The summed E-state index contributed by atoms with van der Waals surface area (Å²) in [6.45, 7) is 2.60. The SMILES string of the molecule is CCc1ccc(CCOc2ccc(CC(SC(N)=O)C(=O)O)cc2)nc1. The van der Waals surface area contributed by atoms with E-state index in [9.17, 15) is 9.59 Å². The summed E-state index contributed by atoms with van der Waals surface area (Å²) in [5, 5.41) is 7.55. The quantitative estimate of drug-likeness (QED) is 0.699. The van der Waals surface area contributed by atoms with Gasteiger partial charge in [0, 0.05) is 18.3 Å². The molecular weight excluding hydrogens is 352 g/mol. The summed E-state index contributed by atoms with van der Waals surface area (Å²) in [7, 11) is 0. The molecule has 0 fully saturated rings. The molecule has 2 aromatic rings. The zero-order chi connectivity index (χ0) is 18.9. The van der Waals surface area contributed by atoms with E-state index in [-0.39, 0.29) is 6.42 Å². The van der Waals surface area contributed by atoms with E-state index in [1.54, 1.807) is 24.3 Å². The van der Waals surface area contributed by atoms with Crippen molar-refractivity contribution in [2.45, 2.75) is 31.4 Å². The Morgan fingerprint density at radius 1 is 1.19 bits per heavy atom. The molecule has 1 aromatic heterocycles. The lowest BCUT2D eigenvalue weighted by atomic mass is 10.1. The van der Waals surface area contributed by atoms with Crippen LogP contribution >= 0.6 is 11.8 Å². The van der Waals surface area contributed by atoms with Crippen LogP contribution in [0.1, 0.15) is 23.7 Å². The number of carbonyl (C=O) groups excluding carboxylic acids is 1. The van der Waals surface area contributed by atoms with Crippen LogP contribution < -0.4 is 10.5 Å². The van der Waals surface area contributed by atoms with E-state index in [0.717, 1.165) is 17.7 Å². The van der Waals surface area contributed by atoms with E-state index in [2.05, 4.69) is 18.0 Å². The van der Waals surface area contributed by atoms with Crippen LogP contribution in [-0.4, -0.2) is 33.2 Å².